The number of methoxy groups -OCH3 is 2. The van der Waals surface area contributed by atoms with Gasteiger partial charge < -0.3 is 24.0 Å². The van der Waals surface area contributed by atoms with Crippen LogP contribution in [0.2, 0.25) is 0 Å². The van der Waals surface area contributed by atoms with Crippen LogP contribution in [-0.2, 0) is 25.5 Å². The number of carbonyl (C=O) groups is 2. The average molecular weight is 465 g/mol. The SMILES string of the molecule is COCCCN(CC(=O)N1CCc2sccc2C1COc1ccc(F)cc1)C(=O)COC. The molecule has 7 nitrogen and oxygen atoms in total. The van der Waals surface area contributed by atoms with Gasteiger partial charge in [0.15, 0.2) is 0 Å². The summed E-state index contributed by atoms with van der Waals surface area (Å²) in [5, 5.41) is 2.02. The van der Waals surface area contributed by atoms with Gasteiger partial charge in [-0.25, -0.2) is 4.39 Å². The lowest BCUT2D eigenvalue weighted by Crippen LogP contribution is -2.48. The van der Waals surface area contributed by atoms with E-state index < -0.39 is 0 Å². The first kappa shape index (κ1) is 24.2. The number of fused-ring (bicyclic) bond motifs is 1. The van der Waals surface area contributed by atoms with Crippen molar-refractivity contribution >= 4 is 23.2 Å². The Labute approximate surface area is 191 Å². The normalized spacial score (nSPS) is 15.3. The molecule has 0 N–H and O–H groups in total. The zero-order valence-electron chi connectivity index (χ0n) is 18.4. The Kier molecular flexibility index (Phi) is 9.01. The second-order valence-corrected chi connectivity index (χ2v) is 8.51. The highest BCUT2D eigenvalue weighted by Crippen LogP contribution is 2.34. The molecule has 2 aromatic rings. The molecule has 1 unspecified atom stereocenters. The van der Waals surface area contributed by atoms with Gasteiger partial charge in [0.1, 0.15) is 24.8 Å². The molecule has 1 atom stereocenters. The molecule has 1 aromatic heterocycles. The second-order valence-electron chi connectivity index (χ2n) is 7.51. The number of hydrogen-bond acceptors (Lipinski definition) is 6. The predicted octanol–water partition coefficient (Wildman–Crippen LogP) is 2.90. The maximum Gasteiger partial charge on any atom is 0.249 e. The highest BCUT2D eigenvalue weighted by Gasteiger charge is 2.33. The van der Waals surface area contributed by atoms with Crippen molar-refractivity contribution in [1.29, 1.82) is 0 Å². The molecular formula is C23H29FN2O5S. The lowest BCUT2D eigenvalue weighted by Gasteiger charge is -2.37. The third-order valence-corrected chi connectivity index (χ3v) is 6.36. The number of hydrogen-bond donors (Lipinski definition) is 0. The van der Waals surface area contributed by atoms with Gasteiger partial charge in [0.2, 0.25) is 11.8 Å². The average Bonchev–Trinajstić information content (AvgIpc) is 3.27. The molecule has 2 heterocycles. The highest BCUT2D eigenvalue weighted by atomic mass is 32.1. The second kappa shape index (κ2) is 11.9. The predicted molar refractivity (Wildman–Crippen MR) is 119 cm³/mol. The molecule has 0 aliphatic carbocycles. The summed E-state index contributed by atoms with van der Waals surface area (Å²) < 4.78 is 29.2. The molecule has 3 rings (SSSR count). The Morgan fingerprint density at radius 1 is 1.19 bits per heavy atom. The van der Waals surface area contributed by atoms with E-state index in [2.05, 4.69) is 0 Å². The number of amides is 2. The topological polar surface area (TPSA) is 68.3 Å². The smallest absolute Gasteiger partial charge is 0.249 e. The van der Waals surface area contributed by atoms with E-state index in [1.54, 1.807) is 35.5 Å². The molecule has 174 valence electrons. The van der Waals surface area contributed by atoms with Crippen LogP contribution in [0.25, 0.3) is 0 Å². The Hall–Kier alpha value is -2.49. The molecule has 1 aliphatic rings. The summed E-state index contributed by atoms with van der Waals surface area (Å²) in [4.78, 5) is 30.3. The largest absolute Gasteiger partial charge is 0.491 e. The van der Waals surface area contributed by atoms with Crippen LogP contribution in [0, 0.1) is 5.82 Å². The van der Waals surface area contributed by atoms with E-state index in [0.717, 1.165) is 12.0 Å². The Morgan fingerprint density at radius 3 is 2.69 bits per heavy atom. The number of carbonyl (C=O) groups excluding carboxylic acids is 2. The first-order valence-electron chi connectivity index (χ1n) is 10.5. The Morgan fingerprint density at radius 2 is 1.97 bits per heavy atom. The third kappa shape index (κ3) is 6.27. The third-order valence-electron chi connectivity index (χ3n) is 5.36. The van der Waals surface area contributed by atoms with E-state index in [1.807, 2.05) is 11.4 Å². The molecule has 9 heteroatoms. The Bertz CT molecular complexity index is 889. The van der Waals surface area contributed by atoms with E-state index in [9.17, 15) is 14.0 Å². The van der Waals surface area contributed by atoms with E-state index >= 15 is 0 Å². The van der Waals surface area contributed by atoms with Crippen LogP contribution in [0.15, 0.2) is 35.7 Å². The van der Waals surface area contributed by atoms with Crippen LogP contribution in [0.1, 0.15) is 22.9 Å². The van der Waals surface area contributed by atoms with E-state index in [0.29, 0.717) is 31.9 Å². The fourth-order valence-corrected chi connectivity index (χ4v) is 4.67. The maximum absolute atomic E-state index is 13.3. The van der Waals surface area contributed by atoms with Crippen LogP contribution < -0.4 is 4.74 Å². The minimum absolute atomic E-state index is 0.0293. The van der Waals surface area contributed by atoms with Crippen LogP contribution in [0.3, 0.4) is 0 Å². The number of nitrogens with zero attached hydrogens (tertiary/aromatic N) is 2. The van der Waals surface area contributed by atoms with Gasteiger partial charge in [-0.3, -0.25) is 9.59 Å². The lowest BCUT2D eigenvalue weighted by atomic mass is 10.0. The summed E-state index contributed by atoms with van der Waals surface area (Å²) in [6.45, 7) is 1.60. The number of ether oxygens (including phenoxy) is 3. The van der Waals surface area contributed by atoms with Crippen LogP contribution in [-0.4, -0.2) is 75.3 Å². The number of rotatable bonds is 11. The van der Waals surface area contributed by atoms with Gasteiger partial charge >= 0.3 is 0 Å². The van der Waals surface area contributed by atoms with Gasteiger partial charge in [-0.05, 0) is 54.1 Å². The van der Waals surface area contributed by atoms with Crippen molar-refractivity contribution in [3.8, 4) is 5.75 Å². The van der Waals surface area contributed by atoms with Gasteiger partial charge in [0, 0.05) is 38.8 Å². The zero-order valence-corrected chi connectivity index (χ0v) is 19.2. The standard InChI is InChI=1S/C23H29FN2O5S/c1-29-12-3-10-25(23(28)16-30-2)14-22(27)26-11-8-21-19(9-13-32-21)20(26)15-31-18-6-4-17(24)5-7-18/h4-7,9,13,20H,3,8,10-12,14-16H2,1-2H3. The van der Waals surface area contributed by atoms with Crippen molar-refractivity contribution in [2.75, 3.05) is 53.7 Å². The summed E-state index contributed by atoms with van der Waals surface area (Å²) in [7, 11) is 3.06. The molecule has 0 spiro atoms. The van der Waals surface area contributed by atoms with Crippen molar-refractivity contribution in [1.82, 2.24) is 9.80 Å². The summed E-state index contributed by atoms with van der Waals surface area (Å²) in [6, 6.07) is 7.56. The van der Waals surface area contributed by atoms with Crippen LogP contribution in [0.5, 0.6) is 5.75 Å². The van der Waals surface area contributed by atoms with Gasteiger partial charge in [-0.1, -0.05) is 0 Å². The molecule has 0 saturated heterocycles. The van der Waals surface area contributed by atoms with Crippen molar-refractivity contribution in [3.63, 3.8) is 0 Å². The van der Waals surface area contributed by atoms with Crippen molar-refractivity contribution in [3.05, 3.63) is 52.0 Å². The lowest BCUT2D eigenvalue weighted by molar-refractivity contribution is -0.144. The fraction of sp³-hybridized carbons (Fsp3) is 0.478. The summed E-state index contributed by atoms with van der Waals surface area (Å²) >= 11 is 1.67. The molecule has 0 radical (unpaired) electrons. The van der Waals surface area contributed by atoms with Crippen LogP contribution >= 0.6 is 11.3 Å². The maximum atomic E-state index is 13.3. The van der Waals surface area contributed by atoms with Gasteiger partial charge in [-0.15, -0.1) is 11.3 Å². The molecule has 32 heavy (non-hydrogen) atoms. The van der Waals surface area contributed by atoms with Crippen molar-refractivity contribution in [2.45, 2.75) is 18.9 Å². The first-order chi connectivity index (χ1) is 15.5. The summed E-state index contributed by atoms with van der Waals surface area (Å²) in [5.74, 6) is -0.167. The minimum Gasteiger partial charge on any atom is -0.491 e. The summed E-state index contributed by atoms with van der Waals surface area (Å²) in [6.07, 6.45) is 1.40. The molecule has 0 fully saturated rings. The van der Waals surface area contributed by atoms with Crippen molar-refractivity contribution < 1.29 is 28.2 Å². The van der Waals surface area contributed by atoms with E-state index in [-0.39, 0.29) is 43.4 Å². The minimum atomic E-state index is -0.332. The van der Waals surface area contributed by atoms with E-state index in [1.165, 1.54) is 29.0 Å². The molecule has 1 aliphatic heterocycles. The van der Waals surface area contributed by atoms with Crippen LogP contribution in [0.4, 0.5) is 4.39 Å². The molecule has 1 aromatic carbocycles. The monoisotopic (exact) mass is 464 g/mol. The molecule has 0 bridgehead atoms. The van der Waals surface area contributed by atoms with Gasteiger partial charge in [0.05, 0.1) is 12.6 Å². The molecule has 0 saturated carbocycles. The number of thiophene rings is 1. The number of halogens is 1. The molecular weight excluding hydrogens is 435 g/mol. The van der Waals surface area contributed by atoms with Gasteiger partial charge in [-0.2, -0.15) is 0 Å². The number of benzene rings is 1. The summed E-state index contributed by atoms with van der Waals surface area (Å²) in [5.41, 5.74) is 1.06. The van der Waals surface area contributed by atoms with E-state index in [4.69, 9.17) is 14.2 Å². The van der Waals surface area contributed by atoms with Crippen molar-refractivity contribution in [2.24, 2.45) is 0 Å². The Balaban J connectivity index is 1.72. The highest BCUT2D eigenvalue weighted by molar-refractivity contribution is 7.10. The van der Waals surface area contributed by atoms with Gasteiger partial charge in [0.25, 0.3) is 0 Å². The quantitative estimate of drug-likeness (QED) is 0.479. The zero-order chi connectivity index (χ0) is 22.9. The fourth-order valence-electron chi connectivity index (χ4n) is 3.74. The first-order valence-corrected chi connectivity index (χ1v) is 11.4. The molecule has 2 amide bonds.